The number of amides is 1. The van der Waals surface area contributed by atoms with Crippen molar-refractivity contribution < 1.29 is 9.53 Å². The fourth-order valence-corrected chi connectivity index (χ4v) is 0.963. The lowest BCUT2D eigenvalue weighted by Crippen LogP contribution is -2.05. The summed E-state index contributed by atoms with van der Waals surface area (Å²) >= 11 is 0. The van der Waals surface area contributed by atoms with Crippen LogP contribution in [0.3, 0.4) is 0 Å². The van der Waals surface area contributed by atoms with E-state index in [1.54, 1.807) is 24.3 Å². The Morgan fingerprint density at radius 3 is 2.64 bits per heavy atom. The van der Waals surface area contributed by atoms with Crippen LogP contribution in [0.5, 0.6) is 5.75 Å². The van der Waals surface area contributed by atoms with E-state index in [1.807, 2.05) is 0 Å². The highest BCUT2D eigenvalue weighted by Gasteiger charge is 1.95. The molecule has 0 saturated heterocycles. The summed E-state index contributed by atoms with van der Waals surface area (Å²) in [7, 11) is 0. The van der Waals surface area contributed by atoms with Gasteiger partial charge in [-0.1, -0.05) is 5.92 Å². The summed E-state index contributed by atoms with van der Waals surface area (Å²) in [5, 5.41) is 2.65. The molecule has 0 aliphatic heterocycles. The Labute approximate surface area is 83.1 Å². The first-order valence-corrected chi connectivity index (χ1v) is 4.16. The van der Waals surface area contributed by atoms with Gasteiger partial charge in [0.1, 0.15) is 12.4 Å². The number of carbonyl (C=O) groups is 1. The van der Waals surface area contributed by atoms with Crippen molar-refractivity contribution in [1.29, 1.82) is 0 Å². The Hall–Kier alpha value is -1.95. The van der Waals surface area contributed by atoms with E-state index in [1.165, 1.54) is 6.92 Å². The number of ether oxygens (including phenoxy) is 1. The average molecular weight is 189 g/mol. The van der Waals surface area contributed by atoms with E-state index in [0.717, 1.165) is 5.69 Å². The van der Waals surface area contributed by atoms with Gasteiger partial charge < -0.3 is 10.1 Å². The highest BCUT2D eigenvalue weighted by molar-refractivity contribution is 5.88. The van der Waals surface area contributed by atoms with Crippen LogP contribution in [0, 0.1) is 12.3 Å². The highest BCUT2D eigenvalue weighted by Crippen LogP contribution is 2.15. The third-order valence-electron chi connectivity index (χ3n) is 1.50. The maximum Gasteiger partial charge on any atom is 0.221 e. The van der Waals surface area contributed by atoms with Crippen LogP contribution in [0.2, 0.25) is 0 Å². The van der Waals surface area contributed by atoms with Crippen LogP contribution in [-0.4, -0.2) is 12.5 Å². The molecule has 1 aromatic rings. The first-order chi connectivity index (χ1) is 6.72. The summed E-state index contributed by atoms with van der Waals surface area (Å²) in [4.78, 5) is 10.7. The number of terminal acetylenes is 1. The zero-order valence-electron chi connectivity index (χ0n) is 7.91. The number of benzene rings is 1. The molecule has 0 aliphatic carbocycles. The summed E-state index contributed by atoms with van der Waals surface area (Å²) in [6.07, 6.45) is 5.04. The van der Waals surface area contributed by atoms with Crippen LogP contribution in [0.1, 0.15) is 6.92 Å². The van der Waals surface area contributed by atoms with Crippen LogP contribution < -0.4 is 10.1 Å². The van der Waals surface area contributed by atoms with E-state index in [9.17, 15) is 4.79 Å². The van der Waals surface area contributed by atoms with Gasteiger partial charge in [0.25, 0.3) is 0 Å². The lowest BCUT2D eigenvalue weighted by Gasteiger charge is -2.04. The maximum absolute atomic E-state index is 10.7. The summed E-state index contributed by atoms with van der Waals surface area (Å²) in [5.41, 5.74) is 0.741. The Bertz CT molecular complexity index is 349. The van der Waals surface area contributed by atoms with Crippen molar-refractivity contribution in [2.24, 2.45) is 0 Å². The molecule has 0 fully saturated rings. The quantitative estimate of drug-likeness (QED) is 0.734. The van der Waals surface area contributed by atoms with Crippen molar-refractivity contribution >= 4 is 11.6 Å². The van der Waals surface area contributed by atoms with E-state index in [2.05, 4.69) is 11.2 Å². The largest absolute Gasteiger partial charge is 0.481 e. The fourth-order valence-electron chi connectivity index (χ4n) is 0.963. The number of anilines is 1. The molecule has 1 aromatic carbocycles. The zero-order valence-corrected chi connectivity index (χ0v) is 7.91. The molecule has 1 amide bonds. The molecule has 14 heavy (non-hydrogen) atoms. The smallest absolute Gasteiger partial charge is 0.221 e. The minimum absolute atomic E-state index is 0.0951. The van der Waals surface area contributed by atoms with E-state index >= 15 is 0 Å². The second-order valence-corrected chi connectivity index (χ2v) is 2.70. The molecule has 0 unspecified atom stereocenters. The number of nitrogens with one attached hydrogen (secondary N) is 1. The molecule has 1 rings (SSSR count). The molecule has 0 spiro atoms. The molecule has 0 radical (unpaired) electrons. The topological polar surface area (TPSA) is 38.3 Å². The predicted molar refractivity (Wildman–Crippen MR) is 55.1 cm³/mol. The van der Waals surface area contributed by atoms with Crippen molar-refractivity contribution in [3.63, 3.8) is 0 Å². The molecule has 3 heteroatoms. The highest BCUT2D eigenvalue weighted by atomic mass is 16.5. The van der Waals surface area contributed by atoms with Crippen LogP contribution >= 0.6 is 0 Å². The third kappa shape index (κ3) is 3.20. The summed E-state index contributed by atoms with van der Waals surface area (Å²) in [5.74, 6) is 2.97. The van der Waals surface area contributed by atoms with Crippen molar-refractivity contribution in [1.82, 2.24) is 0 Å². The summed E-state index contributed by atoms with van der Waals surface area (Å²) < 4.78 is 5.17. The van der Waals surface area contributed by atoms with Crippen LogP contribution in [0.15, 0.2) is 24.3 Å². The molecule has 0 saturated carbocycles. The molecule has 0 heterocycles. The van der Waals surface area contributed by atoms with Gasteiger partial charge in [0.05, 0.1) is 0 Å². The number of hydrogen-bond acceptors (Lipinski definition) is 2. The van der Waals surface area contributed by atoms with Crippen LogP contribution in [0.25, 0.3) is 0 Å². The molecule has 0 aliphatic rings. The van der Waals surface area contributed by atoms with Gasteiger partial charge in [-0.15, -0.1) is 6.42 Å². The van der Waals surface area contributed by atoms with Gasteiger partial charge in [0, 0.05) is 12.6 Å². The molecule has 0 bridgehead atoms. The van der Waals surface area contributed by atoms with Crippen molar-refractivity contribution in [3.05, 3.63) is 24.3 Å². The fraction of sp³-hybridized carbons (Fsp3) is 0.182. The molecule has 0 aromatic heterocycles. The Kier molecular flexibility index (Phi) is 3.57. The van der Waals surface area contributed by atoms with Gasteiger partial charge in [-0.3, -0.25) is 4.79 Å². The standard InChI is InChI=1S/C11H11NO2/c1-3-8-14-11-6-4-10(5-7-11)12-9(2)13/h1,4-7H,8H2,2H3,(H,12,13). The minimum Gasteiger partial charge on any atom is -0.481 e. The predicted octanol–water partition coefficient (Wildman–Crippen LogP) is 1.66. The van der Waals surface area contributed by atoms with E-state index in [0.29, 0.717) is 5.75 Å². The Morgan fingerprint density at radius 1 is 1.50 bits per heavy atom. The lowest BCUT2D eigenvalue weighted by molar-refractivity contribution is -0.114. The first kappa shape index (κ1) is 10.1. The maximum atomic E-state index is 10.7. The van der Waals surface area contributed by atoms with Crippen molar-refractivity contribution in [2.45, 2.75) is 6.92 Å². The van der Waals surface area contributed by atoms with E-state index in [4.69, 9.17) is 11.2 Å². The molecular formula is C11H11NO2. The number of hydrogen-bond donors (Lipinski definition) is 1. The number of rotatable bonds is 3. The monoisotopic (exact) mass is 189 g/mol. The van der Waals surface area contributed by atoms with E-state index in [-0.39, 0.29) is 12.5 Å². The first-order valence-electron chi connectivity index (χ1n) is 4.16. The van der Waals surface area contributed by atoms with Gasteiger partial charge in [0.2, 0.25) is 5.91 Å². The van der Waals surface area contributed by atoms with Gasteiger partial charge in [-0.2, -0.15) is 0 Å². The Morgan fingerprint density at radius 2 is 2.14 bits per heavy atom. The molecule has 0 atom stereocenters. The van der Waals surface area contributed by atoms with Crippen LogP contribution in [-0.2, 0) is 4.79 Å². The molecular weight excluding hydrogens is 178 g/mol. The van der Waals surface area contributed by atoms with Gasteiger partial charge in [-0.05, 0) is 24.3 Å². The molecule has 1 N–H and O–H groups in total. The molecule has 3 nitrogen and oxygen atoms in total. The van der Waals surface area contributed by atoms with Crippen molar-refractivity contribution in [3.8, 4) is 18.1 Å². The lowest BCUT2D eigenvalue weighted by atomic mass is 10.3. The SMILES string of the molecule is C#CCOc1ccc(NC(C)=O)cc1. The van der Waals surface area contributed by atoms with E-state index < -0.39 is 0 Å². The van der Waals surface area contributed by atoms with Crippen LogP contribution in [0.4, 0.5) is 5.69 Å². The van der Waals surface area contributed by atoms with Crippen molar-refractivity contribution in [2.75, 3.05) is 11.9 Å². The normalized spacial score (nSPS) is 8.86. The second-order valence-electron chi connectivity index (χ2n) is 2.70. The Balaban J connectivity index is 2.60. The van der Waals surface area contributed by atoms with Gasteiger partial charge in [-0.25, -0.2) is 0 Å². The zero-order chi connectivity index (χ0) is 10.4. The number of carbonyl (C=O) groups excluding carboxylic acids is 1. The summed E-state index contributed by atoms with van der Waals surface area (Å²) in [6.45, 7) is 1.71. The minimum atomic E-state index is -0.0951. The summed E-state index contributed by atoms with van der Waals surface area (Å²) in [6, 6.07) is 7.02. The third-order valence-corrected chi connectivity index (χ3v) is 1.50. The van der Waals surface area contributed by atoms with Gasteiger partial charge >= 0.3 is 0 Å². The second kappa shape index (κ2) is 4.93. The average Bonchev–Trinajstić information content (AvgIpc) is 2.16. The molecule has 72 valence electrons. The van der Waals surface area contributed by atoms with Gasteiger partial charge in [0.15, 0.2) is 0 Å².